The van der Waals surface area contributed by atoms with E-state index in [9.17, 15) is 9.90 Å². The molecule has 1 atom stereocenters. The minimum atomic E-state index is -0.686. The molecule has 0 unspecified atom stereocenters. The van der Waals surface area contributed by atoms with Gasteiger partial charge in [-0.3, -0.25) is 4.79 Å². The molecular formula is C13H15BrO2. The van der Waals surface area contributed by atoms with Crippen molar-refractivity contribution in [3.8, 4) is 0 Å². The van der Waals surface area contributed by atoms with E-state index < -0.39 is 5.97 Å². The average molecular weight is 283 g/mol. The lowest BCUT2D eigenvalue weighted by Crippen LogP contribution is -2.19. The molecule has 1 aliphatic rings. The Balaban J connectivity index is 2.24. The van der Waals surface area contributed by atoms with Crippen molar-refractivity contribution in [3.05, 3.63) is 34.3 Å². The maximum atomic E-state index is 11.4. The normalized spacial score (nSPS) is 18.6. The van der Waals surface area contributed by atoms with Crippen LogP contribution >= 0.6 is 15.9 Å². The van der Waals surface area contributed by atoms with Gasteiger partial charge in [-0.2, -0.15) is 0 Å². The summed E-state index contributed by atoms with van der Waals surface area (Å²) in [6, 6.07) is 7.67. The van der Waals surface area contributed by atoms with E-state index in [1.165, 1.54) is 12.8 Å². The summed E-state index contributed by atoms with van der Waals surface area (Å²) in [5.74, 6) is -0.691. The third-order valence-electron chi connectivity index (χ3n) is 3.37. The maximum absolute atomic E-state index is 11.4. The van der Waals surface area contributed by atoms with Gasteiger partial charge >= 0.3 is 5.97 Å². The number of benzene rings is 1. The van der Waals surface area contributed by atoms with Gasteiger partial charge in [0.15, 0.2) is 0 Å². The van der Waals surface area contributed by atoms with Gasteiger partial charge in [-0.1, -0.05) is 40.9 Å². The smallest absolute Gasteiger partial charge is 0.311 e. The first-order valence-electron chi connectivity index (χ1n) is 5.67. The fourth-order valence-electron chi connectivity index (χ4n) is 2.58. The minimum absolute atomic E-state index is 0.318. The van der Waals surface area contributed by atoms with Crippen LogP contribution in [-0.4, -0.2) is 11.1 Å². The Kier molecular flexibility index (Phi) is 3.64. The Labute approximate surface area is 104 Å². The van der Waals surface area contributed by atoms with Crippen LogP contribution in [0, 0.1) is 5.92 Å². The molecule has 16 heavy (non-hydrogen) atoms. The van der Waals surface area contributed by atoms with Crippen LogP contribution in [0.5, 0.6) is 0 Å². The Hall–Kier alpha value is -0.830. The Morgan fingerprint density at radius 2 is 1.81 bits per heavy atom. The molecule has 1 aromatic rings. The van der Waals surface area contributed by atoms with E-state index in [2.05, 4.69) is 15.9 Å². The van der Waals surface area contributed by atoms with E-state index in [-0.39, 0.29) is 5.92 Å². The Bertz CT molecular complexity index is 366. The van der Waals surface area contributed by atoms with Gasteiger partial charge in [0.2, 0.25) is 0 Å². The molecule has 86 valence electrons. The molecule has 1 aromatic carbocycles. The molecule has 1 aliphatic carbocycles. The van der Waals surface area contributed by atoms with Crippen molar-refractivity contribution in [2.75, 3.05) is 0 Å². The van der Waals surface area contributed by atoms with Gasteiger partial charge in [0.1, 0.15) is 0 Å². The van der Waals surface area contributed by atoms with Crippen LogP contribution in [0.15, 0.2) is 28.7 Å². The molecule has 1 fully saturated rings. The van der Waals surface area contributed by atoms with Crippen molar-refractivity contribution >= 4 is 21.9 Å². The van der Waals surface area contributed by atoms with E-state index in [0.29, 0.717) is 5.92 Å². The summed E-state index contributed by atoms with van der Waals surface area (Å²) in [6.07, 6.45) is 4.44. The summed E-state index contributed by atoms with van der Waals surface area (Å²) in [5.41, 5.74) is 0.933. The van der Waals surface area contributed by atoms with Crippen molar-refractivity contribution in [1.29, 1.82) is 0 Å². The van der Waals surface area contributed by atoms with Crippen LogP contribution < -0.4 is 0 Å². The summed E-state index contributed by atoms with van der Waals surface area (Å²) in [5, 5.41) is 9.34. The van der Waals surface area contributed by atoms with E-state index in [4.69, 9.17) is 0 Å². The molecule has 1 saturated carbocycles. The maximum Gasteiger partial charge on any atom is 0.311 e. The first kappa shape index (κ1) is 11.6. The molecule has 0 spiro atoms. The highest BCUT2D eigenvalue weighted by atomic mass is 79.9. The second-order valence-corrected chi connectivity index (χ2v) is 5.33. The van der Waals surface area contributed by atoms with Crippen molar-refractivity contribution in [2.24, 2.45) is 5.92 Å². The first-order chi connectivity index (χ1) is 7.68. The quantitative estimate of drug-likeness (QED) is 0.916. The van der Waals surface area contributed by atoms with Crippen LogP contribution in [0.25, 0.3) is 0 Å². The van der Waals surface area contributed by atoms with E-state index in [0.717, 1.165) is 22.9 Å². The lowest BCUT2D eigenvalue weighted by molar-refractivity contribution is -0.140. The van der Waals surface area contributed by atoms with Gasteiger partial charge in [-0.15, -0.1) is 0 Å². The standard InChI is InChI=1S/C13H15BrO2/c14-11-7-5-10(6-8-11)12(13(15)16)9-3-1-2-4-9/h5-9,12H,1-4H2,(H,15,16)/t12-/m1/s1. The zero-order chi connectivity index (χ0) is 11.5. The van der Waals surface area contributed by atoms with Gasteiger partial charge < -0.3 is 5.11 Å². The fraction of sp³-hybridized carbons (Fsp3) is 0.462. The lowest BCUT2D eigenvalue weighted by Gasteiger charge is -2.19. The van der Waals surface area contributed by atoms with Crippen molar-refractivity contribution in [3.63, 3.8) is 0 Å². The molecule has 0 aliphatic heterocycles. The summed E-state index contributed by atoms with van der Waals surface area (Å²) < 4.78 is 0.992. The molecule has 0 radical (unpaired) electrons. The predicted octanol–water partition coefficient (Wildman–Crippen LogP) is 3.81. The average Bonchev–Trinajstić information content (AvgIpc) is 2.74. The number of hydrogen-bond acceptors (Lipinski definition) is 1. The van der Waals surface area contributed by atoms with Gasteiger partial charge in [0.05, 0.1) is 5.92 Å². The number of hydrogen-bond donors (Lipinski definition) is 1. The Morgan fingerprint density at radius 1 is 1.25 bits per heavy atom. The largest absolute Gasteiger partial charge is 0.481 e. The Morgan fingerprint density at radius 3 is 2.31 bits per heavy atom. The molecule has 0 aromatic heterocycles. The van der Waals surface area contributed by atoms with E-state index >= 15 is 0 Å². The third-order valence-corrected chi connectivity index (χ3v) is 3.90. The SMILES string of the molecule is O=C(O)[C@@H](c1ccc(Br)cc1)C1CCCC1. The highest BCUT2D eigenvalue weighted by Gasteiger charge is 2.31. The zero-order valence-electron chi connectivity index (χ0n) is 9.03. The van der Waals surface area contributed by atoms with Crippen molar-refractivity contribution in [1.82, 2.24) is 0 Å². The van der Waals surface area contributed by atoms with Gasteiger partial charge in [0, 0.05) is 4.47 Å². The van der Waals surface area contributed by atoms with Gasteiger partial charge in [-0.25, -0.2) is 0 Å². The first-order valence-corrected chi connectivity index (χ1v) is 6.46. The summed E-state index contributed by atoms with van der Waals surface area (Å²) in [4.78, 5) is 11.4. The highest BCUT2D eigenvalue weighted by molar-refractivity contribution is 9.10. The molecule has 3 heteroatoms. The highest BCUT2D eigenvalue weighted by Crippen LogP contribution is 2.37. The number of aliphatic carboxylic acids is 1. The van der Waals surface area contributed by atoms with Crippen molar-refractivity contribution < 1.29 is 9.90 Å². The topological polar surface area (TPSA) is 37.3 Å². The molecule has 1 N–H and O–H groups in total. The van der Waals surface area contributed by atoms with Crippen LogP contribution in [0.4, 0.5) is 0 Å². The molecule has 0 bridgehead atoms. The van der Waals surface area contributed by atoms with Crippen LogP contribution in [0.1, 0.15) is 37.2 Å². The molecule has 0 heterocycles. The van der Waals surface area contributed by atoms with Gasteiger partial charge in [0.25, 0.3) is 0 Å². The predicted molar refractivity (Wildman–Crippen MR) is 66.5 cm³/mol. The van der Waals surface area contributed by atoms with Crippen LogP contribution in [-0.2, 0) is 4.79 Å². The van der Waals surface area contributed by atoms with E-state index in [1.54, 1.807) is 0 Å². The monoisotopic (exact) mass is 282 g/mol. The fourth-order valence-corrected chi connectivity index (χ4v) is 2.84. The van der Waals surface area contributed by atoms with Crippen LogP contribution in [0.2, 0.25) is 0 Å². The third kappa shape index (κ3) is 2.46. The molecule has 0 saturated heterocycles. The van der Waals surface area contributed by atoms with Crippen molar-refractivity contribution in [2.45, 2.75) is 31.6 Å². The summed E-state index contributed by atoms with van der Waals surface area (Å²) >= 11 is 3.37. The van der Waals surface area contributed by atoms with Gasteiger partial charge in [-0.05, 0) is 36.5 Å². The molecular weight excluding hydrogens is 268 g/mol. The van der Waals surface area contributed by atoms with Crippen LogP contribution in [0.3, 0.4) is 0 Å². The molecule has 2 nitrogen and oxygen atoms in total. The second-order valence-electron chi connectivity index (χ2n) is 4.41. The zero-order valence-corrected chi connectivity index (χ0v) is 10.6. The summed E-state index contributed by atoms with van der Waals surface area (Å²) in [6.45, 7) is 0. The summed E-state index contributed by atoms with van der Waals surface area (Å²) in [7, 11) is 0. The number of halogens is 1. The second kappa shape index (κ2) is 5.00. The minimum Gasteiger partial charge on any atom is -0.481 e. The molecule has 0 amide bonds. The van der Waals surface area contributed by atoms with E-state index in [1.807, 2.05) is 24.3 Å². The molecule has 2 rings (SSSR count). The number of rotatable bonds is 3. The number of carbonyl (C=O) groups is 1. The number of carboxylic acids is 1. The number of carboxylic acid groups (broad SMARTS) is 1. The lowest BCUT2D eigenvalue weighted by atomic mass is 9.85.